The van der Waals surface area contributed by atoms with Gasteiger partial charge in [-0.2, -0.15) is 0 Å². The van der Waals surface area contributed by atoms with Crippen LogP contribution in [0, 0.1) is 11.6 Å². The van der Waals surface area contributed by atoms with E-state index in [1.807, 2.05) is 0 Å². The Kier molecular flexibility index (Phi) is 3.14. The van der Waals surface area contributed by atoms with Gasteiger partial charge in [0.2, 0.25) is 0 Å². The zero-order valence-corrected chi connectivity index (χ0v) is 6.94. The van der Waals surface area contributed by atoms with Gasteiger partial charge in [-0.1, -0.05) is 5.11 Å². The van der Waals surface area contributed by atoms with Crippen LogP contribution in [0.5, 0.6) is 0 Å². The summed E-state index contributed by atoms with van der Waals surface area (Å²) in [6, 6.07) is 2.58. The molecule has 6 heteroatoms. The van der Waals surface area contributed by atoms with Gasteiger partial charge in [0.25, 0.3) is 0 Å². The fourth-order valence-electron chi connectivity index (χ4n) is 0.897. The third-order valence-corrected chi connectivity index (χ3v) is 1.51. The molecule has 1 rings (SSSR count). The Morgan fingerprint density at radius 3 is 2.79 bits per heavy atom. The fraction of sp³-hybridized carbons (Fsp3) is 0.125. The molecule has 72 valence electrons. The van der Waals surface area contributed by atoms with E-state index in [0.29, 0.717) is 6.07 Å². The lowest BCUT2D eigenvalue weighted by Gasteiger charge is -1.98. The maximum absolute atomic E-state index is 12.9. The minimum atomic E-state index is -0.955. The minimum absolute atomic E-state index is 0.279. The molecular formula is C8H5F2N3O. The van der Waals surface area contributed by atoms with Crippen LogP contribution in [-0.2, 0) is 0 Å². The predicted octanol–water partition coefficient (Wildman–Crippen LogP) is 2.46. The normalized spacial score (nSPS) is 9.29. The summed E-state index contributed by atoms with van der Waals surface area (Å²) < 4.78 is 25.4. The van der Waals surface area contributed by atoms with Crippen molar-refractivity contribution in [2.45, 2.75) is 0 Å². The lowest BCUT2D eigenvalue weighted by Crippen LogP contribution is -2.05. The Morgan fingerprint density at radius 1 is 1.50 bits per heavy atom. The van der Waals surface area contributed by atoms with Crippen molar-refractivity contribution in [3.05, 3.63) is 45.8 Å². The van der Waals surface area contributed by atoms with Gasteiger partial charge in [0, 0.05) is 11.0 Å². The molecule has 1 aromatic rings. The van der Waals surface area contributed by atoms with Crippen molar-refractivity contribution < 1.29 is 13.6 Å². The largest absolute Gasteiger partial charge is 0.294 e. The van der Waals surface area contributed by atoms with Crippen LogP contribution < -0.4 is 0 Å². The molecule has 0 atom stereocenters. The van der Waals surface area contributed by atoms with Gasteiger partial charge in [-0.3, -0.25) is 4.79 Å². The number of carbonyl (C=O) groups is 1. The summed E-state index contributed by atoms with van der Waals surface area (Å²) in [7, 11) is 0. The third kappa shape index (κ3) is 2.27. The van der Waals surface area contributed by atoms with E-state index in [1.165, 1.54) is 0 Å². The second kappa shape index (κ2) is 4.34. The molecule has 0 radical (unpaired) electrons. The van der Waals surface area contributed by atoms with Crippen LogP contribution in [0.2, 0.25) is 0 Å². The summed E-state index contributed by atoms with van der Waals surface area (Å²) in [5.41, 5.74) is 7.65. The number of nitrogens with zero attached hydrogens (tertiary/aromatic N) is 3. The number of halogens is 2. The van der Waals surface area contributed by atoms with Crippen molar-refractivity contribution in [2.75, 3.05) is 6.54 Å². The van der Waals surface area contributed by atoms with Crippen molar-refractivity contribution in [1.82, 2.24) is 0 Å². The van der Waals surface area contributed by atoms with Gasteiger partial charge in [0.1, 0.15) is 11.6 Å². The number of rotatable bonds is 3. The first-order valence-corrected chi connectivity index (χ1v) is 3.64. The van der Waals surface area contributed by atoms with Crippen LogP contribution in [0.1, 0.15) is 10.4 Å². The molecule has 0 saturated carbocycles. The van der Waals surface area contributed by atoms with Gasteiger partial charge in [-0.15, -0.1) is 0 Å². The first-order chi connectivity index (χ1) is 6.65. The second-order valence-corrected chi connectivity index (χ2v) is 2.44. The molecule has 0 bridgehead atoms. The molecule has 0 aliphatic carbocycles. The Morgan fingerprint density at radius 2 is 2.21 bits per heavy atom. The summed E-state index contributed by atoms with van der Waals surface area (Å²) in [4.78, 5) is 13.5. The SMILES string of the molecule is [N-]=[N+]=NCC(=O)c1ccc(F)cc1F. The van der Waals surface area contributed by atoms with Crippen molar-refractivity contribution in [2.24, 2.45) is 5.11 Å². The number of azide groups is 1. The van der Waals surface area contributed by atoms with E-state index in [1.54, 1.807) is 0 Å². The molecule has 0 fully saturated rings. The topological polar surface area (TPSA) is 65.8 Å². The number of hydrogen-bond acceptors (Lipinski definition) is 2. The molecule has 0 spiro atoms. The number of carbonyl (C=O) groups excluding carboxylic acids is 1. The molecule has 1 aromatic carbocycles. The van der Waals surface area contributed by atoms with Crippen LogP contribution >= 0.6 is 0 Å². The van der Waals surface area contributed by atoms with E-state index in [2.05, 4.69) is 10.0 Å². The van der Waals surface area contributed by atoms with Gasteiger partial charge in [0.15, 0.2) is 5.78 Å². The van der Waals surface area contributed by atoms with E-state index in [-0.39, 0.29) is 5.56 Å². The van der Waals surface area contributed by atoms with Crippen LogP contribution in [0.15, 0.2) is 23.3 Å². The first kappa shape index (κ1) is 10.1. The molecular weight excluding hydrogens is 192 g/mol. The zero-order chi connectivity index (χ0) is 10.6. The molecule has 0 aliphatic heterocycles. The molecule has 4 nitrogen and oxygen atoms in total. The predicted molar refractivity (Wildman–Crippen MR) is 44.7 cm³/mol. The number of hydrogen-bond donors (Lipinski definition) is 0. The smallest absolute Gasteiger partial charge is 0.171 e. The molecule has 0 N–H and O–H groups in total. The molecule has 0 aromatic heterocycles. The minimum Gasteiger partial charge on any atom is -0.294 e. The van der Waals surface area contributed by atoms with Crippen LogP contribution in [0.25, 0.3) is 10.4 Å². The third-order valence-electron chi connectivity index (χ3n) is 1.51. The average molecular weight is 197 g/mol. The van der Waals surface area contributed by atoms with E-state index >= 15 is 0 Å². The maximum atomic E-state index is 12.9. The van der Waals surface area contributed by atoms with Crippen molar-refractivity contribution in [3.63, 3.8) is 0 Å². The Bertz CT molecular complexity index is 413. The molecule has 0 unspecified atom stereocenters. The highest BCUT2D eigenvalue weighted by Gasteiger charge is 2.10. The van der Waals surface area contributed by atoms with Gasteiger partial charge in [-0.25, -0.2) is 8.78 Å². The Balaban J connectivity index is 2.95. The van der Waals surface area contributed by atoms with Crippen molar-refractivity contribution >= 4 is 5.78 Å². The maximum Gasteiger partial charge on any atom is 0.171 e. The van der Waals surface area contributed by atoms with Crippen LogP contribution in [0.4, 0.5) is 8.78 Å². The quantitative estimate of drug-likeness (QED) is 0.317. The molecule has 0 aliphatic rings. The zero-order valence-electron chi connectivity index (χ0n) is 6.94. The number of benzene rings is 1. The lowest BCUT2D eigenvalue weighted by molar-refractivity contribution is 0.0997. The standard InChI is InChI=1S/C8H5F2N3O/c9-5-1-2-6(7(10)3-5)8(14)4-12-13-11/h1-3H,4H2. The van der Waals surface area contributed by atoms with E-state index in [0.717, 1.165) is 12.1 Å². The van der Waals surface area contributed by atoms with Gasteiger partial charge >= 0.3 is 0 Å². The first-order valence-electron chi connectivity index (χ1n) is 3.64. The van der Waals surface area contributed by atoms with Crippen LogP contribution in [0.3, 0.4) is 0 Å². The monoisotopic (exact) mass is 197 g/mol. The van der Waals surface area contributed by atoms with E-state index in [9.17, 15) is 13.6 Å². The van der Waals surface area contributed by atoms with Crippen molar-refractivity contribution in [1.29, 1.82) is 0 Å². The summed E-state index contributed by atoms with van der Waals surface area (Å²) in [6.45, 7) is -0.473. The molecule has 14 heavy (non-hydrogen) atoms. The van der Waals surface area contributed by atoms with Crippen molar-refractivity contribution in [3.8, 4) is 0 Å². The summed E-state index contributed by atoms with van der Waals surface area (Å²) in [5.74, 6) is -2.40. The number of Topliss-reactive ketones (excluding diaryl/α,β-unsaturated/α-hetero) is 1. The summed E-state index contributed by atoms with van der Waals surface area (Å²) in [5, 5.41) is 2.98. The Hall–Kier alpha value is -1.94. The number of ketones is 1. The average Bonchev–Trinajstić information content (AvgIpc) is 2.14. The second-order valence-electron chi connectivity index (χ2n) is 2.44. The van der Waals surface area contributed by atoms with Crippen LogP contribution in [-0.4, -0.2) is 12.3 Å². The summed E-state index contributed by atoms with van der Waals surface area (Å²) in [6.07, 6.45) is 0. The highest BCUT2D eigenvalue weighted by molar-refractivity contribution is 5.97. The highest BCUT2D eigenvalue weighted by Crippen LogP contribution is 2.10. The van der Waals surface area contributed by atoms with Gasteiger partial charge < -0.3 is 0 Å². The fourth-order valence-corrected chi connectivity index (χ4v) is 0.897. The van der Waals surface area contributed by atoms with Gasteiger partial charge in [-0.05, 0) is 17.7 Å². The summed E-state index contributed by atoms with van der Waals surface area (Å²) >= 11 is 0. The molecule has 0 saturated heterocycles. The molecule has 0 amide bonds. The van der Waals surface area contributed by atoms with Gasteiger partial charge in [0.05, 0.1) is 12.1 Å². The lowest BCUT2D eigenvalue weighted by atomic mass is 10.1. The highest BCUT2D eigenvalue weighted by atomic mass is 19.1. The Labute approximate surface area is 77.8 Å². The molecule has 0 heterocycles. The van der Waals surface area contributed by atoms with E-state index < -0.39 is 24.0 Å². The van der Waals surface area contributed by atoms with E-state index in [4.69, 9.17) is 5.53 Å².